The van der Waals surface area contributed by atoms with Gasteiger partial charge in [0, 0.05) is 30.1 Å². The number of aryl methyl sites for hydroxylation is 1. The second-order valence-corrected chi connectivity index (χ2v) is 9.25. The van der Waals surface area contributed by atoms with Gasteiger partial charge in [-0.1, -0.05) is 30.3 Å². The van der Waals surface area contributed by atoms with Crippen molar-refractivity contribution < 1.29 is 9.53 Å². The van der Waals surface area contributed by atoms with E-state index in [4.69, 9.17) is 9.72 Å². The predicted molar refractivity (Wildman–Crippen MR) is 127 cm³/mol. The van der Waals surface area contributed by atoms with Gasteiger partial charge in [0.1, 0.15) is 5.82 Å². The topological polar surface area (TPSA) is 59.4 Å². The number of rotatable bonds is 3. The number of amides is 1. The van der Waals surface area contributed by atoms with Crippen LogP contribution in [0.1, 0.15) is 56.1 Å². The maximum Gasteiger partial charge on any atom is 0.414 e. The van der Waals surface area contributed by atoms with Gasteiger partial charge in [0.05, 0.1) is 23.8 Å². The van der Waals surface area contributed by atoms with Crippen molar-refractivity contribution in [2.75, 3.05) is 18.6 Å². The molecular weight excluding hydrogens is 400 g/mol. The number of hydrogen-bond donors (Lipinski definition) is 1. The number of methoxy groups -OCH3 is 1. The van der Waals surface area contributed by atoms with Gasteiger partial charge in [-0.05, 0) is 63.8 Å². The molecule has 2 aliphatic heterocycles. The Morgan fingerprint density at radius 3 is 2.72 bits per heavy atom. The van der Waals surface area contributed by atoms with Crippen LogP contribution in [0, 0.1) is 0 Å². The molecule has 5 rings (SSSR count). The number of carbonyl (C=O) groups excluding carboxylic acids is 1. The summed E-state index contributed by atoms with van der Waals surface area (Å²) >= 11 is 0. The zero-order valence-electron chi connectivity index (χ0n) is 19.2. The molecule has 1 aromatic heterocycles. The number of hydrogen-bond acceptors (Lipinski definition) is 4. The fraction of sp³-hybridized carbons (Fsp3) is 0.462. The molecule has 0 bridgehead atoms. The number of imidazole rings is 1. The van der Waals surface area contributed by atoms with E-state index in [1.165, 1.54) is 23.8 Å². The minimum Gasteiger partial charge on any atom is -0.452 e. The number of piperidine rings is 1. The summed E-state index contributed by atoms with van der Waals surface area (Å²) in [6.45, 7) is 5.37. The number of anilines is 1. The Hall–Kier alpha value is -2.86. The second kappa shape index (κ2) is 8.58. The minimum absolute atomic E-state index is 0.114. The Balaban J connectivity index is 1.66. The van der Waals surface area contributed by atoms with E-state index in [2.05, 4.69) is 66.2 Å². The van der Waals surface area contributed by atoms with Gasteiger partial charge < -0.3 is 14.6 Å². The zero-order valence-corrected chi connectivity index (χ0v) is 19.2. The molecule has 168 valence electrons. The Labute approximate surface area is 189 Å². The molecule has 0 saturated carbocycles. The average molecular weight is 433 g/mol. The Morgan fingerprint density at radius 2 is 1.97 bits per heavy atom. The van der Waals surface area contributed by atoms with E-state index >= 15 is 0 Å². The largest absolute Gasteiger partial charge is 0.452 e. The number of carbonyl (C=O) groups is 1. The third-order valence-corrected chi connectivity index (χ3v) is 7.07. The van der Waals surface area contributed by atoms with Crippen LogP contribution in [-0.2, 0) is 17.6 Å². The van der Waals surface area contributed by atoms with Crippen molar-refractivity contribution >= 4 is 22.8 Å². The van der Waals surface area contributed by atoms with E-state index in [9.17, 15) is 4.79 Å². The van der Waals surface area contributed by atoms with Gasteiger partial charge in [-0.3, -0.25) is 4.90 Å². The highest BCUT2D eigenvalue weighted by atomic mass is 16.5. The van der Waals surface area contributed by atoms with Crippen molar-refractivity contribution in [3.05, 3.63) is 59.4 Å². The van der Waals surface area contributed by atoms with Gasteiger partial charge in [-0.25, -0.2) is 9.78 Å². The molecule has 32 heavy (non-hydrogen) atoms. The van der Waals surface area contributed by atoms with Gasteiger partial charge in [0.2, 0.25) is 0 Å². The first kappa shape index (κ1) is 21.0. The Morgan fingerprint density at radius 1 is 1.16 bits per heavy atom. The lowest BCUT2D eigenvalue weighted by Gasteiger charge is -2.34. The molecule has 3 aromatic rings. The lowest BCUT2D eigenvalue weighted by atomic mass is 9.95. The van der Waals surface area contributed by atoms with Crippen molar-refractivity contribution in [3.8, 4) is 0 Å². The number of ether oxygens (including phenoxy) is 1. The van der Waals surface area contributed by atoms with Gasteiger partial charge >= 0.3 is 6.09 Å². The maximum atomic E-state index is 12.5. The van der Waals surface area contributed by atoms with Crippen LogP contribution in [0.5, 0.6) is 0 Å². The SMILES string of the molecule is COC(=O)N1c2ccc3c(nc(Cc4ccccc4)n3C3CCN[C@@H](C)C3)c2CC[C@@H]1C. The lowest BCUT2D eigenvalue weighted by Crippen LogP contribution is -2.42. The summed E-state index contributed by atoms with van der Waals surface area (Å²) in [4.78, 5) is 19.6. The van der Waals surface area contributed by atoms with Gasteiger partial charge in [0.25, 0.3) is 0 Å². The molecule has 1 unspecified atom stereocenters. The summed E-state index contributed by atoms with van der Waals surface area (Å²) < 4.78 is 7.58. The molecule has 2 aliphatic rings. The highest BCUT2D eigenvalue weighted by molar-refractivity contribution is 5.95. The maximum absolute atomic E-state index is 12.5. The molecule has 3 atom stereocenters. The highest BCUT2D eigenvalue weighted by Gasteiger charge is 2.32. The van der Waals surface area contributed by atoms with Crippen molar-refractivity contribution in [1.29, 1.82) is 0 Å². The van der Waals surface area contributed by atoms with E-state index < -0.39 is 0 Å². The van der Waals surface area contributed by atoms with Crippen LogP contribution in [0.4, 0.5) is 10.5 Å². The first-order chi connectivity index (χ1) is 15.6. The van der Waals surface area contributed by atoms with E-state index in [1.54, 1.807) is 4.90 Å². The molecule has 2 aromatic carbocycles. The standard InChI is InChI=1S/C26H32N4O2/c1-17-15-20(13-14-27-17)30-23-12-11-22-21(10-9-18(2)29(22)26(31)32-3)25(23)28-24(30)16-19-7-5-4-6-8-19/h4-8,11-12,17-18,20,27H,9-10,13-16H2,1-3H3/t17-,18-,20?/m0/s1. The number of nitrogens with zero attached hydrogens (tertiary/aromatic N) is 3. The number of fused-ring (bicyclic) bond motifs is 3. The quantitative estimate of drug-likeness (QED) is 0.643. The smallest absolute Gasteiger partial charge is 0.414 e. The molecule has 0 spiro atoms. The van der Waals surface area contributed by atoms with Crippen LogP contribution in [0.3, 0.4) is 0 Å². The average Bonchev–Trinajstić information content (AvgIpc) is 3.17. The summed E-state index contributed by atoms with van der Waals surface area (Å²) in [6, 6.07) is 15.9. The van der Waals surface area contributed by atoms with Crippen molar-refractivity contribution in [2.45, 2.75) is 64.1 Å². The summed E-state index contributed by atoms with van der Waals surface area (Å²) in [7, 11) is 1.45. The molecular formula is C26H32N4O2. The first-order valence-corrected chi connectivity index (χ1v) is 11.7. The summed E-state index contributed by atoms with van der Waals surface area (Å²) in [5.41, 5.74) is 5.61. The van der Waals surface area contributed by atoms with Crippen LogP contribution in [0.2, 0.25) is 0 Å². The molecule has 1 amide bonds. The lowest BCUT2D eigenvalue weighted by molar-refractivity contribution is 0.175. The molecule has 6 nitrogen and oxygen atoms in total. The number of aromatic nitrogens is 2. The number of benzene rings is 2. The third-order valence-electron chi connectivity index (χ3n) is 7.07. The van der Waals surface area contributed by atoms with Gasteiger partial charge in [0.15, 0.2) is 0 Å². The van der Waals surface area contributed by atoms with E-state index in [-0.39, 0.29) is 12.1 Å². The normalized spacial score (nSPS) is 23.2. The van der Waals surface area contributed by atoms with E-state index in [1.807, 2.05) is 0 Å². The molecule has 1 N–H and O–H groups in total. The summed E-state index contributed by atoms with van der Waals surface area (Å²) in [5, 5.41) is 3.58. The van der Waals surface area contributed by atoms with E-state index in [0.29, 0.717) is 12.1 Å². The van der Waals surface area contributed by atoms with Crippen LogP contribution < -0.4 is 10.2 Å². The molecule has 1 fully saturated rings. The predicted octanol–water partition coefficient (Wildman–Crippen LogP) is 4.85. The fourth-order valence-electron chi connectivity index (χ4n) is 5.47. The van der Waals surface area contributed by atoms with Crippen LogP contribution in [0.15, 0.2) is 42.5 Å². The minimum atomic E-state index is -0.297. The van der Waals surface area contributed by atoms with Crippen LogP contribution in [-0.4, -0.2) is 41.4 Å². The van der Waals surface area contributed by atoms with Crippen LogP contribution in [0.25, 0.3) is 11.0 Å². The second-order valence-electron chi connectivity index (χ2n) is 9.25. The molecule has 0 radical (unpaired) electrons. The van der Waals surface area contributed by atoms with Crippen molar-refractivity contribution in [1.82, 2.24) is 14.9 Å². The van der Waals surface area contributed by atoms with Crippen molar-refractivity contribution in [2.24, 2.45) is 0 Å². The first-order valence-electron chi connectivity index (χ1n) is 11.7. The third kappa shape index (κ3) is 3.66. The van der Waals surface area contributed by atoms with E-state index in [0.717, 1.165) is 55.7 Å². The van der Waals surface area contributed by atoms with Gasteiger partial charge in [-0.15, -0.1) is 0 Å². The Bertz CT molecular complexity index is 1120. The monoisotopic (exact) mass is 432 g/mol. The summed E-state index contributed by atoms with van der Waals surface area (Å²) in [6.07, 6.45) is 4.53. The zero-order chi connectivity index (χ0) is 22.2. The van der Waals surface area contributed by atoms with Crippen molar-refractivity contribution in [3.63, 3.8) is 0 Å². The highest BCUT2D eigenvalue weighted by Crippen LogP contribution is 2.38. The molecule has 0 aliphatic carbocycles. The fourth-order valence-corrected chi connectivity index (χ4v) is 5.47. The van der Waals surface area contributed by atoms with Crippen LogP contribution >= 0.6 is 0 Å². The number of nitrogens with one attached hydrogen (secondary N) is 1. The molecule has 1 saturated heterocycles. The molecule has 6 heteroatoms. The Kier molecular flexibility index (Phi) is 5.64. The molecule has 3 heterocycles. The van der Waals surface area contributed by atoms with Gasteiger partial charge in [-0.2, -0.15) is 0 Å². The summed E-state index contributed by atoms with van der Waals surface area (Å²) in [5.74, 6) is 1.11.